The van der Waals surface area contributed by atoms with E-state index < -0.39 is 10.0 Å². The maximum atomic E-state index is 12.3. The van der Waals surface area contributed by atoms with E-state index in [1.165, 1.54) is 4.31 Å². The van der Waals surface area contributed by atoms with Crippen molar-refractivity contribution in [3.63, 3.8) is 0 Å². The molecule has 0 aliphatic carbocycles. The standard InChI is InChI=1S/C13H22N2O2S/c1-4-5-8-15(3)18(16,17)13-7-6-12(10-14)11(2)9-13/h6-7,9H,4-5,8,10,14H2,1-3H3. The Morgan fingerprint density at radius 1 is 1.33 bits per heavy atom. The number of unbranched alkanes of at least 4 members (excludes halogenated alkanes) is 1. The van der Waals surface area contributed by atoms with Crippen molar-refractivity contribution in [2.75, 3.05) is 13.6 Å². The number of hydrogen-bond donors (Lipinski definition) is 1. The molecule has 18 heavy (non-hydrogen) atoms. The van der Waals surface area contributed by atoms with Crippen LogP contribution in [0.1, 0.15) is 30.9 Å². The van der Waals surface area contributed by atoms with Crippen LogP contribution in [-0.2, 0) is 16.6 Å². The SMILES string of the molecule is CCCCN(C)S(=O)(=O)c1ccc(CN)c(C)c1. The van der Waals surface area contributed by atoms with Gasteiger partial charge < -0.3 is 5.73 Å². The van der Waals surface area contributed by atoms with E-state index in [0.717, 1.165) is 24.0 Å². The van der Waals surface area contributed by atoms with Gasteiger partial charge in [0.1, 0.15) is 0 Å². The number of rotatable bonds is 6. The van der Waals surface area contributed by atoms with Crippen molar-refractivity contribution in [1.82, 2.24) is 4.31 Å². The highest BCUT2D eigenvalue weighted by atomic mass is 32.2. The van der Waals surface area contributed by atoms with Gasteiger partial charge in [-0.1, -0.05) is 19.4 Å². The summed E-state index contributed by atoms with van der Waals surface area (Å²) in [5, 5.41) is 0. The minimum atomic E-state index is -3.37. The van der Waals surface area contributed by atoms with Crippen LogP contribution in [0.15, 0.2) is 23.1 Å². The Labute approximate surface area is 110 Å². The van der Waals surface area contributed by atoms with Crippen molar-refractivity contribution in [1.29, 1.82) is 0 Å². The highest BCUT2D eigenvalue weighted by molar-refractivity contribution is 7.89. The lowest BCUT2D eigenvalue weighted by molar-refractivity contribution is 0.459. The minimum absolute atomic E-state index is 0.343. The first-order valence-electron chi connectivity index (χ1n) is 6.19. The molecule has 0 atom stereocenters. The van der Waals surface area contributed by atoms with Crippen molar-refractivity contribution in [3.05, 3.63) is 29.3 Å². The van der Waals surface area contributed by atoms with Gasteiger partial charge in [0.25, 0.3) is 0 Å². The lowest BCUT2D eigenvalue weighted by Gasteiger charge is -2.17. The third-order valence-corrected chi connectivity index (χ3v) is 4.92. The highest BCUT2D eigenvalue weighted by Gasteiger charge is 2.20. The summed E-state index contributed by atoms with van der Waals surface area (Å²) in [6, 6.07) is 5.11. The van der Waals surface area contributed by atoms with Gasteiger partial charge in [0.2, 0.25) is 10.0 Å². The fraction of sp³-hybridized carbons (Fsp3) is 0.538. The number of sulfonamides is 1. The molecule has 4 nitrogen and oxygen atoms in total. The van der Waals surface area contributed by atoms with Gasteiger partial charge in [0.05, 0.1) is 4.90 Å². The summed E-state index contributed by atoms with van der Waals surface area (Å²) in [5.74, 6) is 0. The molecule has 2 N–H and O–H groups in total. The number of benzene rings is 1. The maximum Gasteiger partial charge on any atom is 0.242 e. The van der Waals surface area contributed by atoms with Crippen molar-refractivity contribution in [2.24, 2.45) is 5.73 Å². The molecule has 0 saturated carbocycles. The normalized spacial score (nSPS) is 12.1. The van der Waals surface area contributed by atoms with E-state index in [-0.39, 0.29) is 0 Å². The summed E-state index contributed by atoms with van der Waals surface area (Å²) >= 11 is 0. The molecule has 1 aromatic carbocycles. The van der Waals surface area contributed by atoms with E-state index in [4.69, 9.17) is 5.73 Å². The Morgan fingerprint density at radius 2 is 2.00 bits per heavy atom. The monoisotopic (exact) mass is 270 g/mol. The van der Waals surface area contributed by atoms with Gasteiger partial charge >= 0.3 is 0 Å². The van der Waals surface area contributed by atoms with Crippen LogP contribution >= 0.6 is 0 Å². The summed E-state index contributed by atoms with van der Waals surface area (Å²) in [4.78, 5) is 0.343. The molecule has 0 amide bonds. The first kappa shape index (κ1) is 15.1. The van der Waals surface area contributed by atoms with Crippen molar-refractivity contribution in [3.8, 4) is 0 Å². The zero-order valence-corrected chi connectivity index (χ0v) is 12.1. The van der Waals surface area contributed by atoms with Crippen LogP contribution in [0, 0.1) is 6.92 Å². The molecule has 0 bridgehead atoms. The van der Waals surface area contributed by atoms with Gasteiger partial charge in [-0.2, -0.15) is 0 Å². The zero-order chi connectivity index (χ0) is 13.8. The van der Waals surface area contributed by atoms with Gasteiger partial charge in [-0.25, -0.2) is 12.7 Å². The Kier molecular flexibility index (Phi) is 5.31. The summed E-state index contributed by atoms with van der Waals surface area (Å²) in [6.45, 7) is 4.91. The minimum Gasteiger partial charge on any atom is -0.326 e. The predicted octanol–water partition coefficient (Wildman–Crippen LogP) is 1.87. The topological polar surface area (TPSA) is 63.4 Å². The predicted molar refractivity (Wildman–Crippen MR) is 73.8 cm³/mol. The number of aryl methyl sites for hydroxylation is 1. The van der Waals surface area contributed by atoms with Gasteiger partial charge in [-0.3, -0.25) is 0 Å². The van der Waals surface area contributed by atoms with E-state index in [0.29, 0.717) is 18.0 Å². The smallest absolute Gasteiger partial charge is 0.242 e. The summed E-state index contributed by atoms with van der Waals surface area (Å²) in [5.41, 5.74) is 7.47. The molecule has 0 aliphatic heterocycles. The van der Waals surface area contributed by atoms with Crippen LogP contribution in [0.4, 0.5) is 0 Å². The molecule has 0 fully saturated rings. The summed E-state index contributed by atoms with van der Waals surface area (Å²) in [6.07, 6.45) is 1.85. The molecule has 0 spiro atoms. The fourth-order valence-electron chi connectivity index (χ4n) is 1.74. The lowest BCUT2D eigenvalue weighted by atomic mass is 10.1. The molecule has 0 radical (unpaired) electrons. The van der Waals surface area contributed by atoms with Crippen LogP contribution in [-0.4, -0.2) is 26.3 Å². The molecule has 0 aromatic heterocycles. The van der Waals surface area contributed by atoms with E-state index in [9.17, 15) is 8.42 Å². The Bertz CT molecular complexity index is 498. The molecule has 0 unspecified atom stereocenters. The second kappa shape index (κ2) is 6.31. The Hall–Kier alpha value is -0.910. The van der Waals surface area contributed by atoms with Crippen LogP contribution < -0.4 is 5.73 Å². The van der Waals surface area contributed by atoms with Crippen LogP contribution in [0.3, 0.4) is 0 Å². The summed E-state index contributed by atoms with van der Waals surface area (Å²) < 4.78 is 26.0. The Balaban J connectivity index is 3.01. The molecule has 5 heteroatoms. The third kappa shape index (κ3) is 3.31. The largest absolute Gasteiger partial charge is 0.326 e. The highest BCUT2D eigenvalue weighted by Crippen LogP contribution is 2.18. The summed E-state index contributed by atoms with van der Waals surface area (Å²) in [7, 11) is -1.74. The molecule has 0 aliphatic rings. The van der Waals surface area contributed by atoms with E-state index in [1.54, 1.807) is 25.2 Å². The molecular weight excluding hydrogens is 248 g/mol. The molecular formula is C13H22N2O2S. The van der Waals surface area contributed by atoms with Crippen LogP contribution in [0.2, 0.25) is 0 Å². The molecule has 1 rings (SSSR count). The first-order valence-corrected chi connectivity index (χ1v) is 7.63. The Morgan fingerprint density at radius 3 is 2.50 bits per heavy atom. The molecule has 102 valence electrons. The van der Waals surface area contributed by atoms with Crippen molar-refractivity contribution in [2.45, 2.75) is 38.1 Å². The number of hydrogen-bond acceptors (Lipinski definition) is 3. The average Bonchev–Trinajstić information content (AvgIpc) is 2.35. The quantitative estimate of drug-likeness (QED) is 0.858. The molecule has 0 heterocycles. The molecule has 0 saturated heterocycles. The molecule has 1 aromatic rings. The van der Waals surface area contributed by atoms with Crippen molar-refractivity contribution < 1.29 is 8.42 Å². The van der Waals surface area contributed by atoms with Crippen LogP contribution in [0.25, 0.3) is 0 Å². The van der Waals surface area contributed by atoms with Gasteiger partial charge in [-0.05, 0) is 36.6 Å². The van der Waals surface area contributed by atoms with Crippen LogP contribution in [0.5, 0.6) is 0 Å². The second-order valence-electron chi connectivity index (χ2n) is 4.47. The number of nitrogens with zero attached hydrogens (tertiary/aromatic N) is 1. The van der Waals surface area contributed by atoms with Gasteiger partial charge in [0.15, 0.2) is 0 Å². The first-order chi connectivity index (χ1) is 8.43. The fourth-order valence-corrected chi connectivity index (χ4v) is 3.03. The maximum absolute atomic E-state index is 12.3. The number of nitrogens with two attached hydrogens (primary N) is 1. The van der Waals surface area contributed by atoms with E-state index >= 15 is 0 Å². The lowest BCUT2D eigenvalue weighted by Crippen LogP contribution is -2.28. The second-order valence-corrected chi connectivity index (χ2v) is 6.52. The van der Waals surface area contributed by atoms with E-state index in [2.05, 4.69) is 0 Å². The van der Waals surface area contributed by atoms with E-state index in [1.807, 2.05) is 13.8 Å². The zero-order valence-electron chi connectivity index (χ0n) is 11.3. The average molecular weight is 270 g/mol. The van der Waals surface area contributed by atoms with Crippen molar-refractivity contribution >= 4 is 10.0 Å². The van der Waals surface area contributed by atoms with Gasteiger partial charge in [0, 0.05) is 20.1 Å². The van der Waals surface area contributed by atoms with Gasteiger partial charge in [-0.15, -0.1) is 0 Å². The third-order valence-electron chi connectivity index (χ3n) is 3.07.